The molecule has 0 aromatic carbocycles. The summed E-state index contributed by atoms with van der Waals surface area (Å²) in [6.07, 6.45) is 2.72. The number of carbonyl (C=O) groups excluding carboxylic acids is 1. The third kappa shape index (κ3) is 3.88. The zero-order chi connectivity index (χ0) is 6.41. The largest absolute Gasteiger partial charge is 0.299 e. The first-order valence-electron chi connectivity index (χ1n) is 2.58. The van der Waals surface area contributed by atoms with Crippen LogP contribution in [-0.4, -0.2) is 5.78 Å². The molecule has 0 bridgehead atoms. The van der Waals surface area contributed by atoms with Gasteiger partial charge >= 0.3 is 0 Å². The van der Waals surface area contributed by atoms with Crippen molar-refractivity contribution < 1.29 is 4.79 Å². The molecule has 0 fully saturated rings. The molecule has 0 radical (unpaired) electrons. The van der Waals surface area contributed by atoms with Crippen LogP contribution in [0.25, 0.3) is 0 Å². The number of ketones is 1. The van der Waals surface area contributed by atoms with Crippen LogP contribution in [0.2, 0.25) is 0 Å². The van der Waals surface area contributed by atoms with E-state index >= 15 is 0 Å². The van der Waals surface area contributed by atoms with Gasteiger partial charge in [0.1, 0.15) is 5.78 Å². The van der Waals surface area contributed by atoms with Crippen LogP contribution in [0.15, 0.2) is 11.6 Å². The fourth-order valence-electron chi connectivity index (χ4n) is 0.320. The van der Waals surface area contributed by atoms with Gasteiger partial charge in [-0.1, -0.05) is 24.6 Å². The summed E-state index contributed by atoms with van der Waals surface area (Å²) < 4.78 is 0. The minimum absolute atomic E-state index is 0.224. The molecule has 0 aromatic heterocycles. The molecule has 0 spiro atoms. The summed E-state index contributed by atoms with van der Waals surface area (Å²) in [7, 11) is 0. The maximum Gasteiger partial charge on any atom is 0.136 e. The number of halogens is 1. The van der Waals surface area contributed by atoms with Crippen LogP contribution in [0.3, 0.4) is 0 Å². The van der Waals surface area contributed by atoms with Gasteiger partial charge in [-0.25, -0.2) is 0 Å². The van der Waals surface area contributed by atoms with E-state index in [0.717, 1.165) is 0 Å². The quantitative estimate of drug-likeness (QED) is 0.575. The third-order valence-electron chi connectivity index (χ3n) is 0.829. The van der Waals surface area contributed by atoms with Crippen molar-refractivity contribution >= 4 is 17.4 Å². The molecule has 46 valence electrons. The highest BCUT2D eigenvalue weighted by Crippen LogP contribution is 1.90. The van der Waals surface area contributed by atoms with Gasteiger partial charge in [-0.3, -0.25) is 4.79 Å². The Bertz CT molecular complexity index is 96.7. The Morgan fingerprint density at radius 2 is 2.38 bits per heavy atom. The van der Waals surface area contributed by atoms with Gasteiger partial charge in [-0.15, -0.1) is 0 Å². The monoisotopic (exact) mass is 132 g/mol. The van der Waals surface area contributed by atoms with Crippen LogP contribution < -0.4 is 0 Å². The van der Waals surface area contributed by atoms with Gasteiger partial charge in [-0.2, -0.15) is 0 Å². The molecular weight excluding hydrogens is 124 g/mol. The number of carbonyl (C=O) groups is 1. The van der Waals surface area contributed by atoms with Crippen molar-refractivity contribution in [3.05, 3.63) is 11.6 Å². The standard InChI is InChI=1S/C6H9ClO/c1-2-6(8)4-3-5-7/h3,5H,2,4H2,1H3. The number of rotatable bonds is 3. The molecule has 0 aliphatic heterocycles. The number of hydrogen-bond acceptors (Lipinski definition) is 1. The van der Waals surface area contributed by atoms with E-state index in [2.05, 4.69) is 0 Å². The summed E-state index contributed by atoms with van der Waals surface area (Å²) in [5, 5.41) is 0. The van der Waals surface area contributed by atoms with E-state index in [0.29, 0.717) is 12.8 Å². The van der Waals surface area contributed by atoms with E-state index in [1.165, 1.54) is 5.54 Å². The first-order valence-corrected chi connectivity index (χ1v) is 3.01. The minimum atomic E-state index is 0.224. The maximum atomic E-state index is 10.5. The van der Waals surface area contributed by atoms with Crippen LogP contribution in [0, 0.1) is 0 Å². The molecule has 0 N–H and O–H groups in total. The summed E-state index contributed by atoms with van der Waals surface area (Å²) in [6.45, 7) is 1.84. The SMILES string of the molecule is CCC(=O)CC=CCl. The first-order chi connectivity index (χ1) is 3.81. The molecule has 0 aromatic rings. The molecule has 0 heterocycles. The maximum absolute atomic E-state index is 10.5. The average Bonchev–Trinajstić information content (AvgIpc) is 1.83. The van der Waals surface area contributed by atoms with Gasteiger partial charge in [0.05, 0.1) is 0 Å². The smallest absolute Gasteiger partial charge is 0.136 e. The van der Waals surface area contributed by atoms with E-state index < -0.39 is 0 Å². The van der Waals surface area contributed by atoms with E-state index in [4.69, 9.17) is 11.6 Å². The van der Waals surface area contributed by atoms with E-state index in [1.54, 1.807) is 6.08 Å². The Morgan fingerprint density at radius 1 is 1.75 bits per heavy atom. The molecule has 0 unspecified atom stereocenters. The van der Waals surface area contributed by atoms with Crippen molar-refractivity contribution in [3.63, 3.8) is 0 Å². The fourth-order valence-corrected chi connectivity index (χ4v) is 0.409. The minimum Gasteiger partial charge on any atom is -0.299 e. The Kier molecular flexibility index (Phi) is 4.67. The van der Waals surface area contributed by atoms with Gasteiger partial charge in [0.15, 0.2) is 0 Å². The zero-order valence-electron chi connectivity index (χ0n) is 4.86. The second kappa shape index (κ2) is 4.85. The van der Waals surface area contributed by atoms with Crippen molar-refractivity contribution in [2.24, 2.45) is 0 Å². The first kappa shape index (κ1) is 7.70. The Balaban J connectivity index is 3.25. The summed E-state index contributed by atoms with van der Waals surface area (Å²) in [6, 6.07) is 0. The Morgan fingerprint density at radius 3 is 2.75 bits per heavy atom. The molecule has 0 aliphatic carbocycles. The van der Waals surface area contributed by atoms with Crippen molar-refractivity contribution in [3.8, 4) is 0 Å². The van der Waals surface area contributed by atoms with Crippen LogP contribution in [-0.2, 0) is 4.79 Å². The lowest BCUT2D eigenvalue weighted by Gasteiger charge is -1.84. The second-order valence-electron chi connectivity index (χ2n) is 1.46. The molecule has 1 nitrogen and oxygen atoms in total. The van der Waals surface area contributed by atoms with E-state index in [1.807, 2.05) is 6.92 Å². The van der Waals surface area contributed by atoms with Gasteiger partial charge in [0.2, 0.25) is 0 Å². The predicted molar refractivity (Wildman–Crippen MR) is 34.9 cm³/mol. The molecular formula is C6H9ClO. The summed E-state index contributed by atoms with van der Waals surface area (Å²) >= 11 is 5.17. The number of hydrogen-bond donors (Lipinski definition) is 0. The van der Waals surface area contributed by atoms with Crippen molar-refractivity contribution in [2.75, 3.05) is 0 Å². The number of allylic oxidation sites excluding steroid dienone is 1. The molecule has 0 amide bonds. The highest BCUT2D eigenvalue weighted by atomic mass is 35.5. The second-order valence-corrected chi connectivity index (χ2v) is 1.71. The van der Waals surface area contributed by atoms with Crippen molar-refractivity contribution in [2.45, 2.75) is 19.8 Å². The van der Waals surface area contributed by atoms with Gasteiger partial charge in [0, 0.05) is 18.4 Å². The van der Waals surface area contributed by atoms with E-state index in [9.17, 15) is 4.79 Å². The zero-order valence-corrected chi connectivity index (χ0v) is 5.61. The topological polar surface area (TPSA) is 17.1 Å². The fraction of sp³-hybridized carbons (Fsp3) is 0.500. The molecule has 0 saturated carbocycles. The average molecular weight is 133 g/mol. The van der Waals surface area contributed by atoms with Crippen LogP contribution >= 0.6 is 11.6 Å². The highest BCUT2D eigenvalue weighted by Gasteiger charge is 1.90. The lowest BCUT2D eigenvalue weighted by molar-refractivity contribution is -0.117. The van der Waals surface area contributed by atoms with Gasteiger partial charge in [0.25, 0.3) is 0 Å². The summed E-state index contributed by atoms with van der Waals surface area (Å²) in [5.41, 5.74) is 1.37. The lowest BCUT2D eigenvalue weighted by atomic mass is 10.2. The Hall–Kier alpha value is -0.300. The Labute approximate surface area is 54.3 Å². The van der Waals surface area contributed by atoms with E-state index in [-0.39, 0.29) is 5.78 Å². The van der Waals surface area contributed by atoms with Gasteiger partial charge < -0.3 is 0 Å². The third-order valence-corrected chi connectivity index (χ3v) is 1.01. The molecule has 0 aliphatic rings. The van der Waals surface area contributed by atoms with Crippen LogP contribution in [0.4, 0.5) is 0 Å². The molecule has 2 heteroatoms. The lowest BCUT2D eigenvalue weighted by Crippen LogP contribution is -1.89. The summed E-state index contributed by atoms with van der Waals surface area (Å²) in [4.78, 5) is 10.5. The summed E-state index contributed by atoms with van der Waals surface area (Å²) in [5.74, 6) is 0.224. The van der Waals surface area contributed by atoms with Crippen molar-refractivity contribution in [1.82, 2.24) is 0 Å². The normalized spacial score (nSPS) is 10.2. The van der Waals surface area contributed by atoms with Gasteiger partial charge in [-0.05, 0) is 0 Å². The van der Waals surface area contributed by atoms with Crippen LogP contribution in [0.5, 0.6) is 0 Å². The molecule has 0 rings (SSSR count). The number of Topliss-reactive ketones (excluding diaryl/α,β-unsaturated/α-hetero) is 1. The molecule has 0 saturated heterocycles. The van der Waals surface area contributed by atoms with Crippen molar-refractivity contribution in [1.29, 1.82) is 0 Å². The van der Waals surface area contributed by atoms with Crippen LogP contribution in [0.1, 0.15) is 19.8 Å². The highest BCUT2D eigenvalue weighted by molar-refractivity contribution is 6.25. The molecule has 0 atom stereocenters. The molecule has 8 heavy (non-hydrogen) atoms. The predicted octanol–water partition coefficient (Wildman–Crippen LogP) is 2.11.